The number of methoxy groups -OCH3 is 1. The third kappa shape index (κ3) is 5.40. The summed E-state index contributed by atoms with van der Waals surface area (Å²) in [6, 6.07) is 7.67. The minimum absolute atomic E-state index is 0.0729. The van der Waals surface area contributed by atoms with Crippen molar-refractivity contribution in [1.29, 1.82) is 0 Å². The highest BCUT2D eigenvalue weighted by Gasteiger charge is 2.00. The first-order valence-electron chi connectivity index (χ1n) is 6.05. The summed E-state index contributed by atoms with van der Waals surface area (Å²) < 4.78 is 5.07. The molecule has 0 aromatic heterocycles. The molecule has 0 aliphatic heterocycles. The summed E-state index contributed by atoms with van der Waals surface area (Å²) in [4.78, 5) is 11.5. The predicted octanol–water partition coefficient (Wildman–Crippen LogP) is 2.51. The summed E-state index contributed by atoms with van der Waals surface area (Å²) in [5.74, 6) is 6.66. The van der Waals surface area contributed by atoms with E-state index >= 15 is 0 Å². The maximum Gasteiger partial charge on any atom is 0.220 e. The monoisotopic (exact) mass is 245 g/mol. The molecule has 0 heterocycles. The summed E-state index contributed by atoms with van der Waals surface area (Å²) in [5, 5.41) is 2.89. The van der Waals surface area contributed by atoms with Gasteiger partial charge in [-0.15, -0.1) is 11.8 Å². The van der Waals surface area contributed by atoms with E-state index in [9.17, 15) is 4.79 Å². The lowest BCUT2D eigenvalue weighted by atomic mass is 10.2. The van der Waals surface area contributed by atoms with Gasteiger partial charge in [-0.2, -0.15) is 0 Å². The van der Waals surface area contributed by atoms with Crippen molar-refractivity contribution in [3.8, 4) is 17.6 Å². The van der Waals surface area contributed by atoms with Crippen LogP contribution in [0.2, 0.25) is 0 Å². The molecule has 0 aliphatic carbocycles. The van der Waals surface area contributed by atoms with Crippen LogP contribution in [0.5, 0.6) is 5.75 Å². The van der Waals surface area contributed by atoms with E-state index in [-0.39, 0.29) is 5.91 Å². The van der Waals surface area contributed by atoms with Gasteiger partial charge in [0.05, 0.1) is 7.11 Å². The van der Waals surface area contributed by atoms with E-state index in [1.54, 1.807) is 7.11 Å². The van der Waals surface area contributed by atoms with Gasteiger partial charge >= 0.3 is 0 Å². The van der Waals surface area contributed by atoms with Crippen LogP contribution in [-0.2, 0) is 11.3 Å². The first-order chi connectivity index (χ1) is 8.76. The Morgan fingerprint density at radius 1 is 1.33 bits per heavy atom. The zero-order valence-corrected chi connectivity index (χ0v) is 11.0. The second kappa shape index (κ2) is 8.19. The Labute approximate surface area is 109 Å². The lowest BCUT2D eigenvalue weighted by Gasteiger charge is -2.05. The van der Waals surface area contributed by atoms with E-state index < -0.39 is 0 Å². The summed E-state index contributed by atoms with van der Waals surface area (Å²) in [6.45, 7) is 2.37. The van der Waals surface area contributed by atoms with Gasteiger partial charge < -0.3 is 10.1 Å². The third-order valence-corrected chi connectivity index (χ3v) is 2.53. The maximum absolute atomic E-state index is 11.5. The number of carbonyl (C=O) groups excluding carboxylic acids is 1. The molecule has 0 saturated heterocycles. The van der Waals surface area contributed by atoms with E-state index in [0.717, 1.165) is 24.2 Å². The Morgan fingerprint density at radius 3 is 2.67 bits per heavy atom. The molecular formula is C15H19NO2. The zero-order valence-electron chi connectivity index (χ0n) is 11.0. The van der Waals surface area contributed by atoms with E-state index in [4.69, 9.17) is 4.74 Å². The number of rotatable bonds is 6. The predicted molar refractivity (Wildman–Crippen MR) is 72.1 cm³/mol. The molecule has 0 fully saturated rings. The van der Waals surface area contributed by atoms with Crippen molar-refractivity contribution in [3.63, 3.8) is 0 Å². The third-order valence-electron chi connectivity index (χ3n) is 2.53. The number of carbonyl (C=O) groups is 1. The minimum Gasteiger partial charge on any atom is -0.497 e. The molecule has 1 rings (SSSR count). The highest BCUT2D eigenvalue weighted by Crippen LogP contribution is 2.10. The molecule has 18 heavy (non-hydrogen) atoms. The smallest absolute Gasteiger partial charge is 0.220 e. The van der Waals surface area contributed by atoms with Crippen molar-refractivity contribution in [2.45, 2.75) is 32.7 Å². The quantitative estimate of drug-likeness (QED) is 0.617. The zero-order chi connectivity index (χ0) is 13.2. The fraction of sp³-hybridized carbons (Fsp3) is 0.400. The first kappa shape index (κ1) is 14.1. The van der Waals surface area contributed by atoms with Gasteiger partial charge in [0.2, 0.25) is 5.91 Å². The highest BCUT2D eigenvalue weighted by atomic mass is 16.5. The van der Waals surface area contributed by atoms with Gasteiger partial charge in [0.25, 0.3) is 0 Å². The number of nitrogens with one attached hydrogen (secondary N) is 1. The number of ether oxygens (including phenoxy) is 1. The molecule has 3 heteroatoms. The molecule has 1 aromatic rings. The van der Waals surface area contributed by atoms with Gasteiger partial charge in [-0.05, 0) is 31.0 Å². The number of hydrogen-bond acceptors (Lipinski definition) is 2. The fourth-order valence-corrected chi connectivity index (χ4v) is 1.49. The molecular weight excluding hydrogens is 226 g/mol. The minimum atomic E-state index is 0.0729. The Bertz CT molecular complexity index is 426. The van der Waals surface area contributed by atoms with Crippen molar-refractivity contribution in [2.75, 3.05) is 7.11 Å². The molecule has 0 unspecified atom stereocenters. The van der Waals surface area contributed by atoms with Crippen LogP contribution in [0, 0.1) is 11.8 Å². The number of amides is 1. The first-order valence-corrected chi connectivity index (χ1v) is 6.05. The molecule has 0 spiro atoms. The molecule has 0 radical (unpaired) electrons. The van der Waals surface area contributed by atoms with E-state index in [1.165, 1.54) is 0 Å². The van der Waals surface area contributed by atoms with Crippen molar-refractivity contribution in [2.24, 2.45) is 0 Å². The molecule has 0 atom stereocenters. The van der Waals surface area contributed by atoms with Gasteiger partial charge in [0.15, 0.2) is 0 Å². The second-order valence-corrected chi connectivity index (χ2v) is 3.91. The Balaban J connectivity index is 2.26. The largest absolute Gasteiger partial charge is 0.497 e. The topological polar surface area (TPSA) is 38.3 Å². The Hall–Kier alpha value is -1.95. The molecule has 0 aliphatic rings. The maximum atomic E-state index is 11.5. The van der Waals surface area contributed by atoms with Crippen molar-refractivity contribution in [3.05, 3.63) is 29.8 Å². The van der Waals surface area contributed by atoms with Crippen LogP contribution in [0.4, 0.5) is 0 Å². The Morgan fingerprint density at radius 2 is 2.06 bits per heavy atom. The van der Waals surface area contributed by atoms with Crippen LogP contribution in [0.25, 0.3) is 0 Å². The molecule has 3 nitrogen and oxygen atoms in total. The summed E-state index contributed by atoms with van der Waals surface area (Å²) >= 11 is 0. The van der Waals surface area contributed by atoms with Crippen molar-refractivity contribution >= 4 is 5.91 Å². The number of hydrogen-bond donors (Lipinski definition) is 1. The van der Waals surface area contributed by atoms with Gasteiger partial charge in [-0.1, -0.05) is 12.1 Å². The van der Waals surface area contributed by atoms with Gasteiger partial charge in [-0.3, -0.25) is 4.79 Å². The van der Waals surface area contributed by atoms with E-state index in [2.05, 4.69) is 17.2 Å². The highest BCUT2D eigenvalue weighted by molar-refractivity contribution is 5.75. The summed E-state index contributed by atoms with van der Waals surface area (Å²) in [6.07, 6.45) is 2.13. The van der Waals surface area contributed by atoms with Crippen LogP contribution in [0.3, 0.4) is 0 Å². The molecule has 96 valence electrons. The molecule has 0 saturated carbocycles. The van der Waals surface area contributed by atoms with Crippen LogP contribution >= 0.6 is 0 Å². The van der Waals surface area contributed by atoms with Gasteiger partial charge in [0, 0.05) is 19.4 Å². The average molecular weight is 245 g/mol. The van der Waals surface area contributed by atoms with Crippen LogP contribution in [0.1, 0.15) is 31.7 Å². The standard InChI is InChI=1S/C15H19NO2/c1-3-4-5-6-7-15(17)16-12-13-8-10-14(18-2)11-9-13/h8-11H,5-7,12H2,1-2H3,(H,16,17). The fourth-order valence-electron chi connectivity index (χ4n) is 1.49. The summed E-state index contributed by atoms with van der Waals surface area (Å²) in [7, 11) is 1.63. The van der Waals surface area contributed by atoms with Crippen molar-refractivity contribution in [1.82, 2.24) is 5.32 Å². The van der Waals surface area contributed by atoms with Gasteiger partial charge in [0.1, 0.15) is 5.75 Å². The Kier molecular flexibility index (Phi) is 6.42. The number of unbranched alkanes of at least 4 members (excludes halogenated alkanes) is 1. The average Bonchev–Trinajstić information content (AvgIpc) is 2.42. The van der Waals surface area contributed by atoms with Crippen LogP contribution < -0.4 is 10.1 Å². The van der Waals surface area contributed by atoms with Crippen LogP contribution in [-0.4, -0.2) is 13.0 Å². The molecule has 0 bridgehead atoms. The van der Waals surface area contributed by atoms with Crippen LogP contribution in [0.15, 0.2) is 24.3 Å². The molecule has 1 amide bonds. The lowest BCUT2D eigenvalue weighted by molar-refractivity contribution is -0.121. The van der Waals surface area contributed by atoms with Crippen molar-refractivity contribution < 1.29 is 9.53 Å². The second-order valence-electron chi connectivity index (χ2n) is 3.91. The van der Waals surface area contributed by atoms with Gasteiger partial charge in [-0.25, -0.2) is 0 Å². The molecule has 1 N–H and O–H groups in total. The normalized spacial score (nSPS) is 9.22. The SMILES string of the molecule is CC#CCCCC(=O)NCc1ccc(OC)cc1. The molecule has 1 aromatic carbocycles. The summed E-state index contributed by atoms with van der Waals surface area (Å²) in [5.41, 5.74) is 1.07. The van der Waals surface area contributed by atoms with E-state index in [0.29, 0.717) is 13.0 Å². The lowest BCUT2D eigenvalue weighted by Crippen LogP contribution is -2.22. The number of benzene rings is 1. The van der Waals surface area contributed by atoms with E-state index in [1.807, 2.05) is 31.2 Å².